The first-order valence-electron chi connectivity index (χ1n) is 9.12. The zero-order valence-corrected chi connectivity index (χ0v) is 17.5. The SMILES string of the molecule is CC(C)(C)C(=O)CCOCc1cc(C(C)(C)C)c(O)c(C(C)(C)C)c1. The van der Waals surface area contributed by atoms with Crippen LogP contribution in [-0.2, 0) is 27.0 Å². The van der Waals surface area contributed by atoms with Crippen LogP contribution in [-0.4, -0.2) is 17.5 Å². The predicted molar refractivity (Wildman–Crippen MR) is 104 cm³/mol. The second kappa shape index (κ2) is 7.49. The number of ether oxygens (including phenoxy) is 1. The zero-order chi connectivity index (χ0) is 19.6. The lowest BCUT2D eigenvalue weighted by Gasteiger charge is -2.28. The van der Waals surface area contributed by atoms with Crippen molar-refractivity contribution >= 4 is 5.78 Å². The molecule has 0 spiro atoms. The lowest BCUT2D eigenvalue weighted by molar-refractivity contribution is -0.127. The molecule has 0 saturated heterocycles. The highest BCUT2D eigenvalue weighted by Crippen LogP contribution is 2.39. The molecular weight excluding hydrogens is 312 g/mol. The van der Waals surface area contributed by atoms with Crippen LogP contribution in [0, 0.1) is 5.41 Å². The minimum Gasteiger partial charge on any atom is -0.507 e. The molecule has 1 aromatic carbocycles. The maximum absolute atomic E-state index is 12.0. The van der Waals surface area contributed by atoms with E-state index in [0.29, 0.717) is 25.4 Å². The van der Waals surface area contributed by atoms with E-state index in [1.54, 1.807) is 0 Å². The Kier molecular flexibility index (Phi) is 6.50. The van der Waals surface area contributed by atoms with Crippen molar-refractivity contribution in [1.29, 1.82) is 0 Å². The Bertz CT molecular complexity index is 573. The van der Waals surface area contributed by atoms with E-state index in [4.69, 9.17) is 4.74 Å². The fraction of sp³-hybridized carbons (Fsp3) is 0.682. The largest absolute Gasteiger partial charge is 0.507 e. The number of Topliss-reactive ketones (excluding diaryl/α,β-unsaturated/α-hetero) is 1. The van der Waals surface area contributed by atoms with Crippen LogP contribution >= 0.6 is 0 Å². The van der Waals surface area contributed by atoms with Crippen LogP contribution in [0.25, 0.3) is 0 Å². The molecule has 0 aliphatic rings. The van der Waals surface area contributed by atoms with Crippen LogP contribution in [0.1, 0.15) is 85.4 Å². The average Bonchev–Trinajstić information content (AvgIpc) is 2.40. The molecule has 0 heterocycles. The van der Waals surface area contributed by atoms with Crippen molar-refractivity contribution in [2.75, 3.05) is 6.61 Å². The molecule has 25 heavy (non-hydrogen) atoms. The summed E-state index contributed by atoms with van der Waals surface area (Å²) in [6.45, 7) is 19.3. The summed E-state index contributed by atoms with van der Waals surface area (Å²) >= 11 is 0. The van der Waals surface area contributed by atoms with Crippen LogP contribution in [0.3, 0.4) is 0 Å². The molecule has 0 bridgehead atoms. The lowest BCUT2D eigenvalue weighted by Crippen LogP contribution is -2.21. The van der Waals surface area contributed by atoms with Gasteiger partial charge >= 0.3 is 0 Å². The van der Waals surface area contributed by atoms with Gasteiger partial charge in [0.1, 0.15) is 11.5 Å². The maximum Gasteiger partial charge on any atom is 0.140 e. The van der Waals surface area contributed by atoms with E-state index in [1.165, 1.54) is 0 Å². The number of ketones is 1. The number of carbonyl (C=O) groups is 1. The second-order valence-corrected chi connectivity index (χ2v) is 10.0. The zero-order valence-electron chi connectivity index (χ0n) is 17.5. The Morgan fingerprint density at radius 3 is 1.72 bits per heavy atom. The number of carbonyl (C=O) groups excluding carboxylic acids is 1. The number of phenols is 1. The fourth-order valence-corrected chi connectivity index (χ4v) is 2.65. The minimum absolute atomic E-state index is 0.151. The highest BCUT2D eigenvalue weighted by atomic mass is 16.5. The van der Waals surface area contributed by atoms with Gasteiger partial charge in [0.2, 0.25) is 0 Å². The van der Waals surface area contributed by atoms with Crippen molar-refractivity contribution in [3.8, 4) is 5.75 Å². The van der Waals surface area contributed by atoms with Crippen molar-refractivity contribution in [3.63, 3.8) is 0 Å². The highest BCUT2D eigenvalue weighted by molar-refractivity contribution is 5.83. The molecule has 0 radical (unpaired) electrons. The van der Waals surface area contributed by atoms with Gasteiger partial charge in [0.05, 0.1) is 13.2 Å². The molecule has 0 amide bonds. The first kappa shape index (κ1) is 21.7. The molecular formula is C22H36O3. The van der Waals surface area contributed by atoms with Crippen molar-refractivity contribution < 1.29 is 14.6 Å². The Balaban J connectivity index is 2.96. The summed E-state index contributed by atoms with van der Waals surface area (Å²) in [7, 11) is 0. The molecule has 0 saturated carbocycles. The summed E-state index contributed by atoms with van der Waals surface area (Å²) in [4.78, 5) is 12.0. The second-order valence-electron chi connectivity index (χ2n) is 10.0. The predicted octanol–water partition coefficient (Wildman–Crippen LogP) is 5.51. The normalized spacial score (nSPS) is 13.2. The van der Waals surface area contributed by atoms with E-state index in [9.17, 15) is 9.90 Å². The number of rotatable bonds is 5. The van der Waals surface area contributed by atoms with E-state index in [0.717, 1.165) is 16.7 Å². The highest BCUT2D eigenvalue weighted by Gasteiger charge is 2.26. The lowest BCUT2D eigenvalue weighted by atomic mass is 9.78. The fourth-order valence-electron chi connectivity index (χ4n) is 2.65. The van der Waals surface area contributed by atoms with Gasteiger partial charge in [0.25, 0.3) is 0 Å². The molecule has 142 valence electrons. The number of benzene rings is 1. The van der Waals surface area contributed by atoms with Gasteiger partial charge in [-0.25, -0.2) is 0 Å². The molecule has 1 N–H and O–H groups in total. The molecule has 0 aromatic heterocycles. The molecule has 0 atom stereocenters. The van der Waals surface area contributed by atoms with E-state index in [2.05, 4.69) is 41.5 Å². The van der Waals surface area contributed by atoms with Crippen molar-refractivity contribution in [3.05, 3.63) is 28.8 Å². The van der Waals surface area contributed by atoms with Crippen molar-refractivity contribution in [1.82, 2.24) is 0 Å². The standard InChI is InChI=1S/C22H36O3/c1-20(2,3)16-12-15(13-17(19(16)24)21(4,5)6)14-25-11-10-18(23)22(7,8)9/h12-13,24H,10-11,14H2,1-9H3. The van der Waals surface area contributed by atoms with Gasteiger partial charge in [0.15, 0.2) is 0 Å². The van der Waals surface area contributed by atoms with Crippen LogP contribution in [0.15, 0.2) is 12.1 Å². The molecule has 3 heteroatoms. The smallest absolute Gasteiger partial charge is 0.140 e. The third-order valence-electron chi connectivity index (χ3n) is 4.36. The van der Waals surface area contributed by atoms with E-state index in [-0.39, 0.29) is 22.0 Å². The third-order valence-corrected chi connectivity index (χ3v) is 4.36. The minimum atomic E-state index is -0.319. The Labute approximate surface area is 153 Å². The van der Waals surface area contributed by atoms with Crippen LogP contribution in [0.2, 0.25) is 0 Å². The summed E-state index contributed by atoms with van der Waals surface area (Å²) in [5.41, 5.74) is 2.29. The van der Waals surface area contributed by atoms with Crippen LogP contribution in [0.5, 0.6) is 5.75 Å². The van der Waals surface area contributed by atoms with Crippen LogP contribution < -0.4 is 0 Å². The van der Waals surface area contributed by atoms with Gasteiger partial charge in [-0.2, -0.15) is 0 Å². The van der Waals surface area contributed by atoms with E-state index in [1.807, 2.05) is 32.9 Å². The number of hydrogen-bond acceptors (Lipinski definition) is 3. The van der Waals surface area contributed by atoms with Gasteiger partial charge < -0.3 is 9.84 Å². The number of phenolic OH excluding ortho intramolecular Hbond substituents is 1. The first-order valence-corrected chi connectivity index (χ1v) is 9.12. The molecule has 0 unspecified atom stereocenters. The monoisotopic (exact) mass is 348 g/mol. The van der Waals surface area contributed by atoms with Crippen LogP contribution in [0.4, 0.5) is 0 Å². The topological polar surface area (TPSA) is 46.5 Å². The Morgan fingerprint density at radius 1 is 0.920 bits per heavy atom. The van der Waals surface area contributed by atoms with Gasteiger partial charge in [-0.15, -0.1) is 0 Å². The molecule has 0 aliphatic heterocycles. The van der Waals surface area contributed by atoms with Crippen molar-refractivity contribution in [2.45, 2.75) is 86.2 Å². The Morgan fingerprint density at radius 2 is 1.36 bits per heavy atom. The van der Waals surface area contributed by atoms with Gasteiger partial charge in [-0.05, 0) is 39.7 Å². The van der Waals surface area contributed by atoms with Crippen molar-refractivity contribution in [2.24, 2.45) is 5.41 Å². The quantitative estimate of drug-likeness (QED) is 0.714. The summed E-state index contributed by atoms with van der Waals surface area (Å²) in [6, 6.07) is 4.05. The Hall–Kier alpha value is -1.35. The van der Waals surface area contributed by atoms with Gasteiger partial charge in [-0.3, -0.25) is 4.79 Å². The summed E-state index contributed by atoms with van der Waals surface area (Å²) < 4.78 is 5.76. The molecule has 3 nitrogen and oxygen atoms in total. The van der Waals surface area contributed by atoms with Gasteiger partial charge in [0, 0.05) is 11.8 Å². The van der Waals surface area contributed by atoms with E-state index >= 15 is 0 Å². The molecule has 0 aliphatic carbocycles. The van der Waals surface area contributed by atoms with Gasteiger partial charge in [-0.1, -0.05) is 62.3 Å². The average molecular weight is 349 g/mol. The molecule has 1 aromatic rings. The van der Waals surface area contributed by atoms with E-state index < -0.39 is 0 Å². The summed E-state index contributed by atoms with van der Waals surface area (Å²) in [6.07, 6.45) is 0.430. The first-order chi connectivity index (χ1) is 11.1. The number of hydrogen-bond donors (Lipinski definition) is 1. The molecule has 1 rings (SSSR count). The summed E-state index contributed by atoms with van der Waals surface area (Å²) in [5.74, 6) is 0.593. The third kappa shape index (κ3) is 6.14. The number of aromatic hydroxyl groups is 1. The maximum atomic E-state index is 12.0. The molecule has 0 fully saturated rings. The summed E-state index contributed by atoms with van der Waals surface area (Å²) in [5, 5.41) is 10.7.